The van der Waals surface area contributed by atoms with Gasteiger partial charge in [0.05, 0.1) is 30.8 Å². The van der Waals surface area contributed by atoms with Gasteiger partial charge in [0.15, 0.2) is 0 Å². The zero-order valence-electron chi connectivity index (χ0n) is 12.8. The lowest BCUT2D eigenvalue weighted by molar-refractivity contribution is 0.319. The van der Waals surface area contributed by atoms with Crippen molar-refractivity contribution in [2.75, 3.05) is 31.4 Å². The third kappa shape index (κ3) is 3.21. The number of benzene rings is 2. The number of methoxy groups -OCH3 is 1. The molecular formula is C17H22N2O2. The van der Waals surface area contributed by atoms with Crippen molar-refractivity contribution in [2.45, 2.75) is 13.3 Å². The summed E-state index contributed by atoms with van der Waals surface area (Å²) in [5.74, 6) is 1.52. The molecule has 0 heterocycles. The van der Waals surface area contributed by atoms with Crippen molar-refractivity contribution in [3.63, 3.8) is 0 Å². The summed E-state index contributed by atoms with van der Waals surface area (Å²) >= 11 is 0. The van der Waals surface area contributed by atoms with Gasteiger partial charge in [-0.05, 0) is 30.7 Å². The Balaban J connectivity index is 2.37. The fraction of sp³-hybridized carbons (Fsp3) is 0.294. The normalized spacial score (nSPS) is 10.2. The second kappa shape index (κ2) is 6.88. The van der Waals surface area contributed by atoms with Crippen LogP contribution in [0.5, 0.6) is 11.5 Å². The summed E-state index contributed by atoms with van der Waals surface area (Å²) in [6, 6.07) is 13.7. The third-order valence-corrected chi connectivity index (χ3v) is 3.31. The fourth-order valence-electron chi connectivity index (χ4n) is 2.20. The zero-order chi connectivity index (χ0) is 15.2. The average molecular weight is 286 g/mol. The zero-order valence-corrected chi connectivity index (χ0v) is 12.8. The van der Waals surface area contributed by atoms with E-state index in [1.165, 1.54) is 0 Å². The first kappa shape index (κ1) is 15.0. The van der Waals surface area contributed by atoms with E-state index in [0.717, 1.165) is 29.3 Å². The van der Waals surface area contributed by atoms with Gasteiger partial charge in [-0.2, -0.15) is 0 Å². The van der Waals surface area contributed by atoms with Crippen LogP contribution in [0.4, 0.5) is 17.1 Å². The second-order valence-corrected chi connectivity index (χ2v) is 4.77. The Morgan fingerprint density at radius 1 is 1.00 bits per heavy atom. The minimum atomic E-state index is 0.638. The predicted molar refractivity (Wildman–Crippen MR) is 87.7 cm³/mol. The molecule has 0 atom stereocenters. The van der Waals surface area contributed by atoms with Gasteiger partial charge in [-0.1, -0.05) is 25.1 Å². The molecule has 2 rings (SSSR count). The van der Waals surface area contributed by atoms with Crippen LogP contribution in [-0.2, 0) is 0 Å². The number of para-hydroxylation sites is 3. The molecule has 2 aromatic rings. The van der Waals surface area contributed by atoms with E-state index in [1.807, 2.05) is 54.4 Å². The Labute approximate surface area is 126 Å². The molecule has 0 aromatic heterocycles. The number of rotatable bonds is 6. The molecule has 4 nitrogen and oxygen atoms in total. The summed E-state index contributed by atoms with van der Waals surface area (Å²) in [4.78, 5) is 2.01. The second-order valence-electron chi connectivity index (χ2n) is 4.77. The van der Waals surface area contributed by atoms with Crippen molar-refractivity contribution < 1.29 is 9.47 Å². The Kier molecular flexibility index (Phi) is 4.93. The van der Waals surface area contributed by atoms with Crippen molar-refractivity contribution in [2.24, 2.45) is 0 Å². The highest BCUT2D eigenvalue weighted by molar-refractivity contribution is 5.80. The molecule has 0 aliphatic heterocycles. The van der Waals surface area contributed by atoms with Crippen LogP contribution in [-0.4, -0.2) is 20.8 Å². The van der Waals surface area contributed by atoms with Gasteiger partial charge < -0.3 is 20.1 Å². The highest BCUT2D eigenvalue weighted by atomic mass is 16.5. The molecule has 0 spiro atoms. The molecule has 0 aliphatic rings. The average Bonchev–Trinajstić information content (AvgIpc) is 2.53. The molecule has 21 heavy (non-hydrogen) atoms. The van der Waals surface area contributed by atoms with Gasteiger partial charge in [0, 0.05) is 7.05 Å². The lowest BCUT2D eigenvalue weighted by atomic mass is 10.2. The van der Waals surface area contributed by atoms with Crippen LogP contribution in [0.2, 0.25) is 0 Å². The van der Waals surface area contributed by atoms with Gasteiger partial charge >= 0.3 is 0 Å². The summed E-state index contributed by atoms with van der Waals surface area (Å²) < 4.78 is 11.1. The van der Waals surface area contributed by atoms with E-state index in [4.69, 9.17) is 15.2 Å². The minimum absolute atomic E-state index is 0.638. The minimum Gasteiger partial charge on any atom is -0.495 e. The SMILES string of the molecule is CCCOc1cccc(N(C)c2ccccc2OC)c1N. The van der Waals surface area contributed by atoms with Crippen molar-refractivity contribution in [3.05, 3.63) is 42.5 Å². The number of anilines is 3. The van der Waals surface area contributed by atoms with Crippen LogP contribution in [0, 0.1) is 0 Å². The van der Waals surface area contributed by atoms with Crippen LogP contribution in [0.25, 0.3) is 0 Å². The lowest BCUT2D eigenvalue weighted by Crippen LogP contribution is -2.13. The number of hydrogen-bond acceptors (Lipinski definition) is 4. The highest BCUT2D eigenvalue weighted by Crippen LogP contribution is 2.38. The maximum Gasteiger partial charge on any atom is 0.144 e. The van der Waals surface area contributed by atoms with E-state index >= 15 is 0 Å². The quantitative estimate of drug-likeness (QED) is 0.820. The number of nitrogens with two attached hydrogens (primary N) is 1. The summed E-state index contributed by atoms with van der Waals surface area (Å²) in [6.45, 7) is 2.73. The molecule has 0 saturated carbocycles. The maximum atomic E-state index is 6.25. The largest absolute Gasteiger partial charge is 0.495 e. The topological polar surface area (TPSA) is 47.7 Å². The number of ether oxygens (including phenoxy) is 2. The molecule has 0 aliphatic carbocycles. The first-order valence-electron chi connectivity index (χ1n) is 7.07. The number of nitrogen functional groups attached to an aromatic ring is 1. The van der Waals surface area contributed by atoms with Crippen molar-refractivity contribution in [1.29, 1.82) is 0 Å². The van der Waals surface area contributed by atoms with Gasteiger partial charge in [0.2, 0.25) is 0 Å². The Morgan fingerprint density at radius 2 is 1.67 bits per heavy atom. The molecule has 4 heteroatoms. The van der Waals surface area contributed by atoms with Crippen LogP contribution >= 0.6 is 0 Å². The Morgan fingerprint density at radius 3 is 2.38 bits per heavy atom. The molecular weight excluding hydrogens is 264 g/mol. The molecule has 112 valence electrons. The molecule has 2 aromatic carbocycles. The monoisotopic (exact) mass is 286 g/mol. The van der Waals surface area contributed by atoms with Gasteiger partial charge in [0.25, 0.3) is 0 Å². The van der Waals surface area contributed by atoms with Crippen molar-refractivity contribution in [1.82, 2.24) is 0 Å². The summed E-state index contributed by atoms with van der Waals surface area (Å²) in [5.41, 5.74) is 8.74. The number of nitrogens with zero attached hydrogens (tertiary/aromatic N) is 1. The predicted octanol–water partition coefficient (Wildman–Crippen LogP) is 3.83. The van der Waals surface area contributed by atoms with Gasteiger partial charge in [0.1, 0.15) is 11.5 Å². The van der Waals surface area contributed by atoms with E-state index in [1.54, 1.807) is 7.11 Å². The van der Waals surface area contributed by atoms with Crippen LogP contribution in [0.1, 0.15) is 13.3 Å². The van der Waals surface area contributed by atoms with Crippen molar-refractivity contribution >= 4 is 17.1 Å². The Hall–Kier alpha value is -2.36. The maximum absolute atomic E-state index is 6.25. The fourth-order valence-corrected chi connectivity index (χ4v) is 2.20. The van der Waals surface area contributed by atoms with Crippen LogP contribution in [0.3, 0.4) is 0 Å². The molecule has 0 fully saturated rings. The lowest BCUT2D eigenvalue weighted by Gasteiger charge is -2.24. The molecule has 0 bridgehead atoms. The smallest absolute Gasteiger partial charge is 0.144 e. The Bertz CT molecular complexity index is 599. The summed E-state index contributed by atoms with van der Waals surface area (Å²) in [7, 11) is 3.63. The first-order valence-corrected chi connectivity index (χ1v) is 7.07. The van der Waals surface area contributed by atoms with Crippen molar-refractivity contribution in [3.8, 4) is 11.5 Å². The molecule has 2 N–H and O–H groups in total. The van der Waals surface area contributed by atoms with E-state index in [-0.39, 0.29) is 0 Å². The molecule has 0 unspecified atom stereocenters. The van der Waals surface area contributed by atoms with Crippen LogP contribution in [0.15, 0.2) is 42.5 Å². The van der Waals surface area contributed by atoms with E-state index in [2.05, 4.69) is 6.92 Å². The van der Waals surface area contributed by atoms with E-state index < -0.39 is 0 Å². The van der Waals surface area contributed by atoms with Crippen LogP contribution < -0.4 is 20.1 Å². The molecule has 0 amide bonds. The summed E-state index contributed by atoms with van der Waals surface area (Å²) in [6.07, 6.45) is 0.950. The molecule has 0 radical (unpaired) electrons. The first-order chi connectivity index (χ1) is 10.2. The van der Waals surface area contributed by atoms with Gasteiger partial charge in [-0.3, -0.25) is 0 Å². The molecule has 0 saturated heterocycles. The van der Waals surface area contributed by atoms with E-state index in [0.29, 0.717) is 12.3 Å². The van der Waals surface area contributed by atoms with Gasteiger partial charge in [-0.15, -0.1) is 0 Å². The number of hydrogen-bond donors (Lipinski definition) is 1. The highest BCUT2D eigenvalue weighted by Gasteiger charge is 2.14. The van der Waals surface area contributed by atoms with E-state index in [9.17, 15) is 0 Å². The standard InChI is InChI=1S/C17H22N2O2/c1-4-12-21-16-11-7-9-14(17(16)18)19(2)13-8-5-6-10-15(13)20-3/h5-11H,4,12,18H2,1-3H3. The van der Waals surface area contributed by atoms with Gasteiger partial charge in [-0.25, -0.2) is 0 Å². The third-order valence-electron chi connectivity index (χ3n) is 3.31. The summed E-state index contributed by atoms with van der Waals surface area (Å²) in [5, 5.41) is 0.